The predicted octanol–water partition coefficient (Wildman–Crippen LogP) is 2.41. The Labute approximate surface area is 125 Å². The molecule has 0 fully saturated rings. The average Bonchev–Trinajstić information content (AvgIpc) is 2.46. The molecule has 1 aromatic rings. The molecule has 0 aliphatic heterocycles. The molecule has 6 nitrogen and oxygen atoms in total. The number of nitro benzene ring substituents is 1. The number of non-ortho nitro benzene ring substituents is 1. The van der Waals surface area contributed by atoms with E-state index in [0.717, 1.165) is 19.3 Å². The Morgan fingerprint density at radius 2 is 1.86 bits per heavy atom. The highest BCUT2D eigenvalue weighted by molar-refractivity contribution is 7.89. The second kappa shape index (κ2) is 7.76. The van der Waals surface area contributed by atoms with E-state index < -0.39 is 14.9 Å². The third-order valence-corrected chi connectivity index (χ3v) is 4.83. The molecule has 21 heavy (non-hydrogen) atoms. The van der Waals surface area contributed by atoms with Crippen LogP contribution in [0.2, 0.25) is 0 Å². The zero-order chi connectivity index (χ0) is 15.9. The predicted molar refractivity (Wildman–Crippen MR) is 80.2 cm³/mol. The van der Waals surface area contributed by atoms with Gasteiger partial charge in [-0.15, -0.1) is 11.8 Å². The smallest absolute Gasteiger partial charge is 0.258 e. The lowest BCUT2D eigenvalue weighted by atomic mass is 10.2. The van der Waals surface area contributed by atoms with Crippen molar-refractivity contribution in [3.05, 3.63) is 34.4 Å². The highest BCUT2D eigenvalue weighted by Crippen LogP contribution is 2.19. The maximum Gasteiger partial charge on any atom is 0.269 e. The van der Waals surface area contributed by atoms with Crippen molar-refractivity contribution in [2.24, 2.45) is 0 Å². The molecule has 0 saturated heterocycles. The molecule has 0 aromatic heterocycles. The van der Waals surface area contributed by atoms with Crippen LogP contribution in [-0.2, 0) is 10.0 Å². The van der Waals surface area contributed by atoms with Crippen molar-refractivity contribution in [3.63, 3.8) is 0 Å². The zero-order valence-electron chi connectivity index (χ0n) is 12.1. The number of nitro groups is 1. The Morgan fingerprint density at radius 3 is 2.38 bits per heavy atom. The molecule has 0 N–H and O–H groups in total. The van der Waals surface area contributed by atoms with Gasteiger partial charge in [0, 0.05) is 32.1 Å². The first-order valence-electron chi connectivity index (χ1n) is 6.50. The first-order chi connectivity index (χ1) is 9.89. The van der Waals surface area contributed by atoms with Gasteiger partial charge in [-0.3, -0.25) is 10.1 Å². The van der Waals surface area contributed by atoms with Gasteiger partial charge in [0.1, 0.15) is 0 Å². The molecule has 0 bridgehead atoms. The molecular formula is C14H18N2O4S. The second-order valence-corrected chi connectivity index (χ2v) is 6.51. The monoisotopic (exact) mass is 310 g/mol. The maximum absolute atomic E-state index is 12.3. The Morgan fingerprint density at radius 1 is 1.24 bits per heavy atom. The molecule has 0 unspecified atom stereocenters. The molecule has 0 heterocycles. The van der Waals surface area contributed by atoms with Crippen LogP contribution in [0.3, 0.4) is 0 Å². The number of rotatable bonds is 7. The van der Waals surface area contributed by atoms with Gasteiger partial charge in [0.05, 0.1) is 9.82 Å². The van der Waals surface area contributed by atoms with Crippen molar-refractivity contribution < 1.29 is 13.3 Å². The summed E-state index contributed by atoms with van der Waals surface area (Å²) >= 11 is 0. The Balaban J connectivity index is 2.70. The lowest BCUT2D eigenvalue weighted by molar-refractivity contribution is -0.384. The summed E-state index contributed by atoms with van der Waals surface area (Å²) in [6.45, 7) is 2.16. The van der Waals surface area contributed by atoms with Gasteiger partial charge in [0.2, 0.25) is 10.0 Å². The van der Waals surface area contributed by atoms with Crippen LogP contribution in [-0.4, -0.2) is 31.2 Å². The summed E-state index contributed by atoms with van der Waals surface area (Å²) in [4.78, 5) is 10.1. The number of benzene rings is 1. The molecular weight excluding hydrogens is 292 g/mol. The van der Waals surface area contributed by atoms with Gasteiger partial charge in [-0.2, -0.15) is 0 Å². The fraction of sp³-hybridized carbons (Fsp3) is 0.429. The molecule has 1 rings (SSSR count). The molecule has 1 aromatic carbocycles. The summed E-state index contributed by atoms with van der Waals surface area (Å²) in [5, 5.41) is 10.6. The Hall–Kier alpha value is -1.91. The van der Waals surface area contributed by atoms with Crippen molar-refractivity contribution in [1.29, 1.82) is 0 Å². The van der Waals surface area contributed by atoms with E-state index in [-0.39, 0.29) is 10.6 Å². The van der Waals surface area contributed by atoms with Crippen molar-refractivity contribution in [2.75, 3.05) is 13.6 Å². The van der Waals surface area contributed by atoms with Crippen LogP contribution in [0.4, 0.5) is 5.69 Å². The van der Waals surface area contributed by atoms with Crippen LogP contribution in [0.15, 0.2) is 29.2 Å². The van der Waals surface area contributed by atoms with Crippen molar-refractivity contribution in [2.45, 2.75) is 31.1 Å². The van der Waals surface area contributed by atoms with Gasteiger partial charge < -0.3 is 0 Å². The summed E-state index contributed by atoms with van der Waals surface area (Å²) in [6.07, 6.45) is 2.31. The molecule has 114 valence electrons. The molecule has 0 atom stereocenters. The quantitative estimate of drug-likeness (QED) is 0.335. The van der Waals surface area contributed by atoms with E-state index in [1.165, 1.54) is 35.6 Å². The lowest BCUT2D eigenvalue weighted by Gasteiger charge is -2.16. The molecule has 0 radical (unpaired) electrons. The third-order valence-electron chi connectivity index (χ3n) is 2.96. The number of hydrogen-bond acceptors (Lipinski definition) is 4. The minimum Gasteiger partial charge on any atom is -0.258 e. The van der Waals surface area contributed by atoms with Crippen LogP contribution < -0.4 is 0 Å². The van der Waals surface area contributed by atoms with Gasteiger partial charge in [0.15, 0.2) is 0 Å². The lowest BCUT2D eigenvalue weighted by Crippen LogP contribution is -2.27. The summed E-state index contributed by atoms with van der Waals surface area (Å²) in [5.41, 5.74) is -0.130. The molecule has 0 aliphatic carbocycles. The molecule has 0 saturated carbocycles. The highest BCUT2D eigenvalue weighted by atomic mass is 32.2. The van der Waals surface area contributed by atoms with E-state index in [1.807, 2.05) is 0 Å². The molecule has 0 amide bonds. The zero-order valence-corrected chi connectivity index (χ0v) is 12.9. The second-order valence-electron chi connectivity index (χ2n) is 4.46. The van der Waals surface area contributed by atoms with E-state index in [1.54, 1.807) is 6.92 Å². The third kappa shape index (κ3) is 4.85. The van der Waals surface area contributed by atoms with E-state index in [9.17, 15) is 18.5 Å². The topological polar surface area (TPSA) is 80.5 Å². The van der Waals surface area contributed by atoms with Gasteiger partial charge in [-0.05, 0) is 31.9 Å². The number of unbranched alkanes of at least 4 members (excludes halogenated alkanes) is 2. The first-order valence-corrected chi connectivity index (χ1v) is 7.94. The van der Waals surface area contributed by atoms with Crippen molar-refractivity contribution in [1.82, 2.24) is 4.31 Å². The van der Waals surface area contributed by atoms with E-state index in [2.05, 4.69) is 11.8 Å². The summed E-state index contributed by atoms with van der Waals surface area (Å²) in [7, 11) is -2.10. The highest BCUT2D eigenvalue weighted by Gasteiger charge is 2.21. The Bertz CT molecular complexity index is 642. The minimum absolute atomic E-state index is 0.0592. The molecule has 0 aliphatic rings. The normalized spacial score (nSPS) is 11.0. The first kappa shape index (κ1) is 17.1. The van der Waals surface area contributed by atoms with Crippen LogP contribution in [0.25, 0.3) is 0 Å². The maximum atomic E-state index is 12.3. The number of sulfonamides is 1. The summed E-state index contributed by atoms with van der Waals surface area (Å²) < 4.78 is 25.8. The molecule has 7 heteroatoms. The van der Waals surface area contributed by atoms with Gasteiger partial charge in [-0.25, -0.2) is 12.7 Å². The largest absolute Gasteiger partial charge is 0.269 e. The van der Waals surface area contributed by atoms with Crippen molar-refractivity contribution >= 4 is 15.7 Å². The minimum atomic E-state index is -3.60. The van der Waals surface area contributed by atoms with Gasteiger partial charge in [0.25, 0.3) is 5.69 Å². The fourth-order valence-corrected chi connectivity index (χ4v) is 2.92. The average molecular weight is 310 g/mol. The van der Waals surface area contributed by atoms with E-state index in [4.69, 9.17) is 0 Å². The van der Waals surface area contributed by atoms with Crippen LogP contribution in [0.5, 0.6) is 0 Å². The van der Waals surface area contributed by atoms with Crippen LogP contribution >= 0.6 is 0 Å². The number of nitrogens with zero attached hydrogens (tertiary/aromatic N) is 2. The van der Waals surface area contributed by atoms with Crippen LogP contribution in [0.1, 0.15) is 26.2 Å². The number of hydrogen-bond donors (Lipinski definition) is 0. The van der Waals surface area contributed by atoms with Gasteiger partial charge >= 0.3 is 0 Å². The van der Waals surface area contributed by atoms with Crippen LogP contribution in [0, 0.1) is 22.0 Å². The van der Waals surface area contributed by atoms with E-state index >= 15 is 0 Å². The fourth-order valence-electron chi connectivity index (χ4n) is 1.71. The van der Waals surface area contributed by atoms with E-state index in [0.29, 0.717) is 6.54 Å². The summed E-state index contributed by atoms with van der Waals surface area (Å²) in [5.74, 6) is 5.72. The Kier molecular flexibility index (Phi) is 6.34. The SMILES string of the molecule is CC#CCCCCN(C)S(=O)(=O)c1ccc([N+](=O)[O-])cc1. The summed E-state index contributed by atoms with van der Waals surface area (Å²) in [6, 6.07) is 4.90. The van der Waals surface area contributed by atoms with Crippen molar-refractivity contribution in [3.8, 4) is 11.8 Å². The molecule has 0 spiro atoms. The standard InChI is InChI=1S/C14H18N2O4S/c1-3-4-5-6-7-12-15(2)21(19,20)14-10-8-13(9-11-14)16(17)18/h8-11H,5-7,12H2,1-2H3. The van der Waals surface area contributed by atoms with Gasteiger partial charge in [-0.1, -0.05) is 0 Å².